The van der Waals surface area contributed by atoms with Gasteiger partial charge in [0.05, 0.1) is 5.92 Å². The standard InChI is InChI=1S/C12H14F3N3O3/c13-12(14,15)8-2-1-4-17(6-8)10(20)7-18-5-3-9(19)16-11(18)21/h3,5,8H,1-2,4,6-7H2,(H,16,19,21)/t8-/m0/s1. The summed E-state index contributed by atoms with van der Waals surface area (Å²) in [4.78, 5) is 37.4. The van der Waals surface area contributed by atoms with Crippen LogP contribution in [0.1, 0.15) is 12.8 Å². The summed E-state index contributed by atoms with van der Waals surface area (Å²) in [6, 6.07) is 1.07. The number of alkyl halides is 3. The summed E-state index contributed by atoms with van der Waals surface area (Å²) in [5.74, 6) is -2.10. The number of likely N-dealkylation sites (tertiary alicyclic amines) is 1. The molecule has 1 aromatic heterocycles. The van der Waals surface area contributed by atoms with Gasteiger partial charge < -0.3 is 4.90 Å². The SMILES string of the molecule is O=C(Cn1ccc(=O)[nH]c1=O)N1CCC[C@H](C(F)(F)F)C1. The zero-order valence-electron chi connectivity index (χ0n) is 11.0. The summed E-state index contributed by atoms with van der Waals surface area (Å²) in [6.45, 7) is -0.538. The quantitative estimate of drug-likeness (QED) is 0.856. The van der Waals surface area contributed by atoms with Crippen LogP contribution in [0.25, 0.3) is 0 Å². The van der Waals surface area contributed by atoms with Crippen molar-refractivity contribution in [3.8, 4) is 0 Å². The first-order valence-electron chi connectivity index (χ1n) is 6.41. The van der Waals surface area contributed by atoms with Crippen molar-refractivity contribution in [3.05, 3.63) is 33.1 Å². The van der Waals surface area contributed by atoms with Gasteiger partial charge in [-0.05, 0) is 12.8 Å². The van der Waals surface area contributed by atoms with Crippen molar-refractivity contribution in [2.45, 2.75) is 25.6 Å². The molecule has 0 unspecified atom stereocenters. The highest BCUT2D eigenvalue weighted by Crippen LogP contribution is 2.33. The summed E-state index contributed by atoms with van der Waals surface area (Å²) in [6.07, 6.45) is -2.90. The number of amides is 1. The summed E-state index contributed by atoms with van der Waals surface area (Å²) in [5, 5.41) is 0. The Morgan fingerprint density at radius 2 is 2.10 bits per heavy atom. The number of nitrogens with zero attached hydrogens (tertiary/aromatic N) is 2. The minimum atomic E-state index is -4.33. The van der Waals surface area contributed by atoms with Gasteiger partial charge in [-0.2, -0.15) is 13.2 Å². The first kappa shape index (κ1) is 15.3. The molecule has 116 valence electrons. The highest BCUT2D eigenvalue weighted by Gasteiger charge is 2.42. The third-order valence-corrected chi connectivity index (χ3v) is 3.44. The number of piperidine rings is 1. The fraction of sp³-hybridized carbons (Fsp3) is 0.583. The Kier molecular flexibility index (Phi) is 4.19. The molecule has 0 saturated carbocycles. The van der Waals surface area contributed by atoms with E-state index in [-0.39, 0.29) is 32.5 Å². The number of halogens is 3. The van der Waals surface area contributed by atoms with E-state index >= 15 is 0 Å². The maximum atomic E-state index is 12.7. The lowest BCUT2D eigenvalue weighted by Gasteiger charge is -2.33. The zero-order valence-corrected chi connectivity index (χ0v) is 11.0. The van der Waals surface area contributed by atoms with Crippen molar-refractivity contribution in [2.24, 2.45) is 5.92 Å². The van der Waals surface area contributed by atoms with E-state index in [0.29, 0.717) is 0 Å². The van der Waals surface area contributed by atoms with Crippen molar-refractivity contribution >= 4 is 5.91 Å². The molecule has 0 bridgehead atoms. The van der Waals surface area contributed by atoms with E-state index in [0.717, 1.165) is 21.7 Å². The van der Waals surface area contributed by atoms with E-state index in [2.05, 4.69) is 0 Å². The molecule has 0 aromatic carbocycles. The van der Waals surface area contributed by atoms with Gasteiger partial charge >= 0.3 is 11.9 Å². The van der Waals surface area contributed by atoms with Crippen molar-refractivity contribution in [3.63, 3.8) is 0 Å². The molecular weight excluding hydrogens is 291 g/mol. The summed E-state index contributed by atoms with van der Waals surface area (Å²) in [7, 11) is 0. The minimum absolute atomic E-state index is 0.00584. The molecule has 1 atom stereocenters. The van der Waals surface area contributed by atoms with Crippen molar-refractivity contribution in [2.75, 3.05) is 13.1 Å². The average molecular weight is 305 g/mol. The second kappa shape index (κ2) is 5.74. The van der Waals surface area contributed by atoms with Crippen LogP contribution in [0.2, 0.25) is 0 Å². The normalized spacial score (nSPS) is 19.6. The van der Waals surface area contributed by atoms with Crippen LogP contribution in [-0.2, 0) is 11.3 Å². The van der Waals surface area contributed by atoms with Crippen LogP contribution in [0.5, 0.6) is 0 Å². The fourth-order valence-electron chi connectivity index (χ4n) is 2.29. The second-order valence-corrected chi connectivity index (χ2v) is 4.96. The van der Waals surface area contributed by atoms with Crippen LogP contribution in [-0.4, -0.2) is 39.6 Å². The number of aromatic nitrogens is 2. The Labute approximate surface area is 117 Å². The third kappa shape index (κ3) is 3.73. The van der Waals surface area contributed by atoms with Crippen LogP contribution >= 0.6 is 0 Å². The molecule has 1 amide bonds. The molecular formula is C12H14F3N3O3. The summed E-state index contributed by atoms with van der Waals surface area (Å²) in [5.41, 5.74) is -1.36. The van der Waals surface area contributed by atoms with Gasteiger partial charge in [0.1, 0.15) is 6.54 Å². The van der Waals surface area contributed by atoms with Crippen LogP contribution < -0.4 is 11.2 Å². The lowest BCUT2D eigenvalue weighted by atomic mass is 9.97. The van der Waals surface area contributed by atoms with Crippen LogP contribution in [0.4, 0.5) is 13.2 Å². The predicted octanol–water partition coefficient (Wildman–Crippen LogP) is 0.337. The smallest absolute Gasteiger partial charge is 0.341 e. The maximum absolute atomic E-state index is 12.7. The highest BCUT2D eigenvalue weighted by molar-refractivity contribution is 5.76. The van der Waals surface area contributed by atoms with Gasteiger partial charge in [0.2, 0.25) is 5.91 Å². The van der Waals surface area contributed by atoms with E-state index < -0.39 is 29.3 Å². The molecule has 1 aliphatic rings. The average Bonchev–Trinajstić information content (AvgIpc) is 2.41. The number of hydrogen-bond donors (Lipinski definition) is 1. The molecule has 6 nitrogen and oxygen atoms in total. The largest absolute Gasteiger partial charge is 0.393 e. The van der Waals surface area contributed by atoms with Crippen LogP contribution in [0.15, 0.2) is 21.9 Å². The number of carbonyl (C=O) groups is 1. The first-order valence-corrected chi connectivity index (χ1v) is 6.41. The van der Waals surface area contributed by atoms with E-state index in [1.165, 1.54) is 0 Å². The molecule has 1 saturated heterocycles. The first-order chi connectivity index (χ1) is 9.77. The van der Waals surface area contributed by atoms with Gasteiger partial charge in [0.15, 0.2) is 0 Å². The highest BCUT2D eigenvalue weighted by atomic mass is 19.4. The van der Waals surface area contributed by atoms with Crippen molar-refractivity contribution in [1.29, 1.82) is 0 Å². The monoisotopic (exact) mass is 305 g/mol. The third-order valence-electron chi connectivity index (χ3n) is 3.44. The number of H-pyrrole nitrogens is 1. The van der Waals surface area contributed by atoms with Crippen molar-refractivity contribution < 1.29 is 18.0 Å². The molecule has 21 heavy (non-hydrogen) atoms. The molecule has 0 aliphatic carbocycles. The Hall–Kier alpha value is -2.06. The Bertz CT molecular complexity index is 635. The van der Waals surface area contributed by atoms with Gasteiger partial charge in [-0.15, -0.1) is 0 Å². The number of hydrogen-bond acceptors (Lipinski definition) is 3. The molecule has 2 heterocycles. The lowest BCUT2D eigenvalue weighted by molar-refractivity contribution is -0.188. The Balaban J connectivity index is 2.06. The second-order valence-electron chi connectivity index (χ2n) is 4.96. The Morgan fingerprint density at radius 3 is 2.71 bits per heavy atom. The molecule has 1 aromatic rings. The van der Waals surface area contributed by atoms with Crippen LogP contribution in [0.3, 0.4) is 0 Å². The molecule has 0 spiro atoms. The molecule has 1 fully saturated rings. The number of aromatic amines is 1. The zero-order chi connectivity index (χ0) is 15.6. The Morgan fingerprint density at radius 1 is 1.38 bits per heavy atom. The van der Waals surface area contributed by atoms with Crippen LogP contribution in [0, 0.1) is 5.92 Å². The molecule has 1 N–H and O–H groups in total. The topological polar surface area (TPSA) is 75.2 Å². The lowest BCUT2D eigenvalue weighted by Crippen LogP contribution is -2.46. The molecule has 9 heteroatoms. The molecule has 1 aliphatic heterocycles. The van der Waals surface area contributed by atoms with E-state index in [1.54, 1.807) is 0 Å². The van der Waals surface area contributed by atoms with Gasteiger partial charge in [-0.3, -0.25) is 19.1 Å². The number of carbonyl (C=O) groups excluding carboxylic acids is 1. The maximum Gasteiger partial charge on any atom is 0.393 e. The van der Waals surface area contributed by atoms with Gasteiger partial charge in [-0.25, -0.2) is 4.79 Å². The van der Waals surface area contributed by atoms with E-state index in [1.807, 2.05) is 4.98 Å². The van der Waals surface area contributed by atoms with E-state index in [9.17, 15) is 27.6 Å². The predicted molar refractivity (Wildman–Crippen MR) is 66.7 cm³/mol. The summed E-state index contributed by atoms with van der Waals surface area (Å²) < 4.78 is 39.0. The summed E-state index contributed by atoms with van der Waals surface area (Å²) >= 11 is 0. The fourth-order valence-corrected chi connectivity index (χ4v) is 2.29. The van der Waals surface area contributed by atoms with Gasteiger partial charge in [0, 0.05) is 25.4 Å². The van der Waals surface area contributed by atoms with E-state index in [4.69, 9.17) is 0 Å². The van der Waals surface area contributed by atoms with Gasteiger partial charge in [0.25, 0.3) is 5.56 Å². The molecule has 0 radical (unpaired) electrons. The molecule has 2 rings (SSSR count). The number of rotatable bonds is 2. The number of nitrogens with one attached hydrogen (secondary N) is 1. The van der Waals surface area contributed by atoms with Crippen molar-refractivity contribution in [1.82, 2.24) is 14.5 Å². The van der Waals surface area contributed by atoms with Gasteiger partial charge in [-0.1, -0.05) is 0 Å². The minimum Gasteiger partial charge on any atom is -0.341 e.